The first kappa shape index (κ1) is 14.0. The minimum absolute atomic E-state index is 0.0417. The number of carboxylic acid groups (broad SMARTS) is 1. The lowest BCUT2D eigenvalue weighted by atomic mass is 10.1. The highest BCUT2D eigenvalue weighted by Gasteiger charge is 2.22. The van der Waals surface area contributed by atoms with Gasteiger partial charge in [-0.15, -0.1) is 5.10 Å². The Morgan fingerprint density at radius 1 is 1.56 bits per heavy atom. The van der Waals surface area contributed by atoms with E-state index in [1.807, 2.05) is 0 Å². The third kappa shape index (κ3) is 4.09. The number of aromatic nitrogens is 2. The molecule has 1 atom stereocenters. The number of amides is 1. The first-order chi connectivity index (χ1) is 8.54. The molecule has 0 fully saturated rings. The molecule has 0 aliphatic carbocycles. The van der Waals surface area contributed by atoms with E-state index >= 15 is 0 Å². The Labute approximate surface area is 106 Å². The quantitative estimate of drug-likeness (QED) is 0.681. The van der Waals surface area contributed by atoms with Crippen LogP contribution in [0.4, 0.5) is 0 Å². The van der Waals surface area contributed by atoms with Crippen molar-refractivity contribution in [1.82, 2.24) is 14.9 Å². The van der Waals surface area contributed by atoms with E-state index in [1.54, 1.807) is 0 Å². The number of hydrogen-bond donors (Lipinski definition) is 2. The fraction of sp³-hybridized carbons (Fsp3) is 0.444. The third-order valence-electron chi connectivity index (χ3n) is 2.05. The molecule has 2 N–H and O–H groups in total. The van der Waals surface area contributed by atoms with E-state index in [4.69, 9.17) is 5.11 Å². The molecule has 18 heavy (non-hydrogen) atoms. The second kappa shape index (κ2) is 6.64. The monoisotopic (exact) mass is 273 g/mol. The van der Waals surface area contributed by atoms with Crippen LogP contribution in [-0.2, 0) is 14.3 Å². The second-order valence-electron chi connectivity index (χ2n) is 3.26. The summed E-state index contributed by atoms with van der Waals surface area (Å²) in [6, 6.07) is -1.15. The Morgan fingerprint density at radius 2 is 2.28 bits per heavy atom. The summed E-state index contributed by atoms with van der Waals surface area (Å²) < 4.78 is 7.89. The average Bonchev–Trinajstić information content (AvgIpc) is 2.87. The van der Waals surface area contributed by atoms with Gasteiger partial charge in [0, 0.05) is 6.42 Å². The maximum atomic E-state index is 11.6. The topological polar surface area (TPSA) is 118 Å². The molecule has 1 aromatic rings. The number of nitrogens with zero attached hydrogens (tertiary/aromatic N) is 2. The van der Waals surface area contributed by atoms with Crippen LogP contribution in [0.15, 0.2) is 6.20 Å². The maximum Gasteiger partial charge on any atom is 0.326 e. The molecule has 1 rings (SSSR count). The normalized spacial score (nSPS) is 11.6. The fourth-order valence-electron chi connectivity index (χ4n) is 1.12. The predicted octanol–water partition coefficient (Wildman–Crippen LogP) is -0.326. The van der Waals surface area contributed by atoms with Crippen LogP contribution in [0.3, 0.4) is 0 Å². The van der Waals surface area contributed by atoms with E-state index < -0.39 is 23.9 Å². The molecular weight excluding hydrogens is 262 g/mol. The van der Waals surface area contributed by atoms with Crippen LogP contribution < -0.4 is 5.32 Å². The number of aliphatic carboxylic acids is 1. The van der Waals surface area contributed by atoms with Crippen molar-refractivity contribution < 1.29 is 24.2 Å². The van der Waals surface area contributed by atoms with Crippen molar-refractivity contribution in [2.24, 2.45) is 0 Å². The van der Waals surface area contributed by atoms with Crippen molar-refractivity contribution in [3.8, 4) is 0 Å². The van der Waals surface area contributed by atoms with Gasteiger partial charge in [0.25, 0.3) is 5.91 Å². The van der Waals surface area contributed by atoms with E-state index in [2.05, 4.69) is 19.6 Å². The first-order valence-corrected chi connectivity index (χ1v) is 5.69. The number of carboxylic acids is 1. The molecule has 1 heterocycles. The number of carbonyl (C=O) groups is 3. The zero-order chi connectivity index (χ0) is 13.5. The van der Waals surface area contributed by atoms with Crippen LogP contribution in [-0.4, -0.2) is 45.7 Å². The van der Waals surface area contributed by atoms with Gasteiger partial charge in [-0.3, -0.25) is 9.59 Å². The van der Waals surface area contributed by atoms with Gasteiger partial charge in [0.05, 0.1) is 13.3 Å². The molecule has 0 saturated heterocycles. The van der Waals surface area contributed by atoms with Gasteiger partial charge in [-0.2, -0.15) is 0 Å². The Hall–Kier alpha value is -2.03. The van der Waals surface area contributed by atoms with Gasteiger partial charge in [0.2, 0.25) is 0 Å². The largest absolute Gasteiger partial charge is 0.480 e. The van der Waals surface area contributed by atoms with Gasteiger partial charge in [-0.25, -0.2) is 4.79 Å². The fourth-order valence-corrected chi connectivity index (χ4v) is 1.54. The van der Waals surface area contributed by atoms with Crippen LogP contribution in [0.1, 0.15) is 22.5 Å². The number of rotatable bonds is 6. The highest BCUT2D eigenvalue weighted by Crippen LogP contribution is 2.05. The molecule has 8 nitrogen and oxygen atoms in total. The van der Waals surface area contributed by atoms with Gasteiger partial charge in [0.15, 0.2) is 0 Å². The van der Waals surface area contributed by atoms with Crippen LogP contribution in [0.5, 0.6) is 0 Å². The molecule has 0 unspecified atom stereocenters. The van der Waals surface area contributed by atoms with E-state index in [-0.39, 0.29) is 17.7 Å². The van der Waals surface area contributed by atoms with Gasteiger partial charge >= 0.3 is 11.9 Å². The highest BCUT2D eigenvalue weighted by atomic mass is 32.1. The van der Waals surface area contributed by atoms with Crippen LogP contribution in [0.25, 0.3) is 0 Å². The number of ether oxygens (including phenoxy) is 1. The summed E-state index contributed by atoms with van der Waals surface area (Å²) in [7, 11) is 1.21. The molecule has 9 heteroatoms. The number of nitrogens with one attached hydrogen (secondary N) is 1. The van der Waals surface area contributed by atoms with Crippen molar-refractivity contribution in [3.05, 3.63) is 11.1 Å². The van der Waals surface area contributed by atoms with E-state index in [0.717, 1.165) is 11.5 Å². The van der Waals surface area contributed by atoms with Crippen LogP contribution in [0, 0.1) is 0 Å². The molecule has 0 aliphatic rings. The zero-order valence-corrected chi connectivity index (χ0v) is 10.3. The van der Waals surface area contributed by atoms with Crippen LogP contribution >= 0.6 is 11.5 Å². The minimum atomic E-state index is -1.22. The Balaban J connectivity index is 2.55. The lowest BCUT2D eigenvalue weighted by Gasteiger charge is -2.12. The summed E-state index contributed by atoms with van der Waals surface area (Å²) in [5.41, 5.74) is 0. The number of hydrogen-bond acceptors (Lipinski definition) is 7. The molecule has 0 aromatic carbocycles. The standard InChI is InChI=1S/C9H11N3O5S/c1-17-7(13)3-2-5(9(15)16)11-8(14)6-4-10-12-18-6/h4-5H,2-3H2,1H3,(H,11,14)(H,15,16)/t5-/m0/s1. The van der Waals surface area contributed by atoms with E-state index in [1.165, 1.54) is 13.3 Å². The summed E-state index contributed by atoms with van der Waals surface area (Å²) >= 11 is 0.856. The highest BCUT2D eigenvalue weighted by molar-refractivity contribution is 7.07. The van der Waals surface area contributed by atoms with Crippen molar-refractivity contribution in [3.63, 3.8) is 0 Å². The first-order valence-electron chi connectivity index (χ1n) is 4.92. The van der Waals surface area contributed by atoms with Crippen molar-refractivity contribution in [1.29, 1.82) is 0 Å². The Kier molecular flexibility index (Phi) is 5.18. The minimum Gasteiger partial charge on any atom is -0.480 e. The van der Waals surface area contributed by atoms with Crippen molar-refractivity contribution in [2.45, 2.75) is 18.9 Å². The summed E-state index contributed by atoms with van der Waals surface area (Å²) in [4.78, 5) is 33.6. The van der Waals surface area contributed by atoms with Gasteiger partial charge < -0.3 is 15.2 Å². The van der Waals surface area contributed by atoms with E-state index in [0.29, 0.717) is 0 Å². The SMILES string of the molecule is COC(=O)CC[C@H](NC(=O)c1cnns1)C(=O)O. The molecular formula is C9H11N3O5S. The smallest absolute Gasteiger partial charge is 0.326 e. The maximum absolute atomic E-state index is 11.6. The van der Waals surface area contributed by atoms with Crippen LogP contribution in [0.2, 0.25) is 0 Å². The summed E-state index contributed by atoms with van der Waals surface area (Å²) in [6.45, 7) is 0. The van der Waals surface area contributed by atoms with Gasteiger partial charge in [-0.1, -0.05) is 4.49 Å². The molecule has 1 aromatic heterocycles. The van der Waals surface area contributed by atoms with Crippen molar-refractivity contribution in [2.75, 3.05) is 7.11 Å². The second-order valence-corrected chi connectivity index (χ2v) is 4.05. The number of methoxy groups -OCH3 is 1. The molecule has 0 radical (unpaired) electrons. The number of carbonyl (C=O) groups excluding carboxylic acids is 2. The molecule has 0 spiro atoms. The number of esters is 1. The van der Waals surface area contributed by atoms with Gasteiger partial charge in [-0.05, 0) is 18.0 Å². The summed E-state index contributed by atoms with van der Waals surface area (Å²) in [5.74, 6) is -2.33. The summed E-state index contributed by atoms with van der Waals surface area (Å²) in [6.07, 6.45) is 1.11. The van der Waals surface area contributed by atoms with Crippen molar-refractivity contribution >= 4 is 29.4 Å². The molecule has 0 saturated carbocycles. The van der Waals surface area contributed by atoms with E-state index in [9.17, 15) is 14.4 Å². The summed E-state index contributed by atoms with van der Waals surface area (Å²) in [5, 5.41) is 14.7. The lowest BCUT2D eigenvalue weighted by molar-refractivity contribution is -0.142. The molecule has 98 valence electrons. The lowest BCUT2D eigenvalue weighted by Crippen LogP contribution is -2.40. The predicted molar refractivity (Wildman–Crippen MR) is 60.0 cm³/mol. The molecule has 0 bridgehead atoms. The zero-order valence-electron chi connectivity index (χ0n) is 9.45. The Bertz CT molecular complexity index is 433. The molecule has 0 aliphatic heterocycles. The average molecular weight is 273 g/mol. The molecule has 1 amide bonds. The Morgan fingerprint density at radius 3 is 2.78 bits per heavy atom. The third-order valence-corrected chi connectivity index (χ3v) is 2.72. The van der Waals surface area contributed by atoms with Gasteiger partial charge in [0.1, 0.15) is 10.9 Å².